The highest BCUT2D eigenvalue weighted by molar-refractivity contribution is 6.10. The van der Waals surface area contributed by atoms with Crippen molar-refractivity contribution in [3.8, 4) is 11.4 Å². The lowest BCUT2D eigenvalue weighted by molar-refractivity contribution is -0.124. The smallest absolute Gasteiger partial charge is 0.244 e. The molecule has 3 heterocycles. The molecule has 0 aliphatic carbocycles. The Labute approximate surface area is 191 Å². The summed E-state index contributed by atoms with van der Waals surface area (Å²) >= 11 is 0. The number of rotatable bonds is 5. The van der Waals surface area contributed by atoms with Crippen LogP contribution in [-0.4, -0.2) is 33.8 Å². The van der Waals surface area contributed by atoms with E-state index < -0.39 is 0 Å². The quantitative estimate of drug-likeness (QED) is 0.630. The van der Waals surface area contributed by atoms with E-state index in [0.717, 1.165) is 30.8 Å². The van der Waals surface area contributed by atoms with Crippen LogP contribution in [0.1, 0.15) is 31.4 Å². The fourth-order valence-corrected chi connectivity index (χ4v) is 4.40. The first kappa shape index (κ1) is 20.9. The number of hydrogen-bond acceptors (Lipinski definition) is 4. The minimum Gasteiger partial charge on any atom is -0.328 e. The topological polar surface area (TPSA) is 96.3 Å². The second-order valence-corrected chi connectivity index (χ2v) is 8.35. The van der Waals surface area contributed by atoms with Gasteiger partial charge in [0, 0.05) is 42.5 Å². The second-order valence-electron chi connectivity index (χ2n) is 8.35. The molecule has 3 amide bonds. The molecule has 0 radical (unpaired) electrons. The van der Waals surface area contributed by atoms with Gasteiger partial charge in [-0.1, -0.05) is 12.1 Å². The lowest BCUT2D eigenvalue weighted by Gasteiger charge is -2.29. The van der Waals surface area contributed by atoms with Crippen molar-refractivity contribution < 1.29 is 14.4 Å². The summed E-state index contributed by atoms with van der Waals surface area (Å²) in [7, 11) is 0. The summed E-state index contributed by atoms with van der Waals surface area (Å²) in [5.41, 5.74) is 4.21. The Hall–Kier alpha value is -3.94. The fraction of sp³-hybridized carbons (Fsp3) is 0.280. The number of nitrogens with one attached hydrogen (secondary N) is 2. The summed E-state index contributed by atoms with van der Waals surface area (Å²) in [6, 6.07) is 14.8. The number of aryl methyl sites for hydroxylation is 1. The van der Waals surface area contributed by atoms with Crippen LogP contribution in [0.25, 0.3) is 11.4 Å². The highest BCUT2D eigenvalue weighted by Crippen LogP contribution is 2.29. The first-order valence-corrected chi connectivity index (χ1v) is 11.2. The van der Waals surface area contributed by atoms with Gasteiger partial charge in [-0.25, -0.2) is 4.98 Å². The van der Waals surface area contributed by atoms with Crippen LogP contribution in [0.3, 0.4) is 0 Å². The first-order valence-electron chi connectivity index (χ1n) is 11.2. The molecule has 2 N–H and O–H groups in total. The van der Waals surface area contributed by atoms with Gasteiger partial charge in [0.2, 0.25) is 17.7 Å². The normalized spacial score (nSPS) is 14.8. The van der Waals surface area contributed by atoms with Gasteiger partial charge in [0.25, 0.3) is 0 Å². The Kier molecular flexibility index (Phi) is 5.64. The predicted octanol–water partition coefficient (Wildman–Crippen LogP) is 3.59. The van der Waals surface area contributed by atoms with Gasteiger partial charge in [-0.2, -0.15) is 0 Å². The van der Waals surface area contributed by atoms with Gasteiger partial charge in [-0.05, 0) is 55.7 Å². The largest absolute Gasteiger partial charge is 0.328 e. The van der Waals surface area contributed by atoms with Crippen LogP contribution in [0.5, 0.6) is 0 Å². The third kappa shape index (κ3) is 4.37. The summed E-state index contributed by atoms with van der Waals surface area (Å²) in [6.45, 7) is 0.941. The van der Waals surface area contributed by atoms with E-state index in [1.54, 1.807) is 18.2 Å². The van der Waals surface area contributed by atoms with E-state index in [1.165, 1.54) is 17.0 Å². The van der Waals surface area contributed by atoms with Gasteiger partial charge in [0.15, 0.2) is 0 Å². The number of imidazole rings is 1. The molecule has 8 heteroatoms. The molecule has 33 heavy (non-hydrogen) atoms. The fourth-order valence-electron chi connectivity index (χ4n) is 4.40. The molecule has 1 aromatic heterocycles. The molecule has 8 nitrogen and oxygen atoms in total. The maximum Gasteiger partial charge on any atom is 0.244 e. The lowest BCUT2D eigenvalue weighted by Crippen LogP contribution is -2.42. The Balaban J connectivity index is 1.18. The van der Waals surface area contributed by atoms with E-state index >= 15 is 0 Å². The molecule has 2 aromatic carbocycles. The molecule has 0 saturated carbocycles. The van der Waals surface area contributed by atoms with E-state index in [0.29, 0.717) is 17.1 Å². The van der Waals surface area contributed by atoms with E-state index in [9.17, 15) is 14.4 Å². The zero-order valence-corrected chi connectivity index (χ0v) is 18.2. The number of hydrogen-bond donors (Lipinski definition) is 2. The molecular weight excluding hydrogens is 418 g/mol. The number of carbonyl (C=O) groups excluding carboxylic acids is 3. The van der Waals surface area contributed by atoms with Crippen molar-refractivity contribution >= 4 is 34.8 Å². The minimum absolute atomic E-state index is 0.0196. The van der Waals surface area contributed by atoms with Gasteiger partial charge >= 0.3 is 0 Å². The molecule has 0 atom stereocenters. The standard InChI is InChI=1S/C25H25N5O3/c31-22(12-13-24(33)30-16-23(32)28-20-6-1-2-7-21(20)30)27-18-10-8-17(9-11-18)25-26-15-19-5-3-4-14-29(19)25/h1-2,6-11,15H,3-5,12-14,16H2,(H,27,31)(H,28,32). The van der Waals surface area contributed by atoms with Crippen molar-refractivity contribution in [1.82, 2.24) is 9.55 Å². The van der Waals surface area contributed by atoms with Gasteiger partial charge < -0.3 is 20.1 Å². The van der Waals surface area contributed by atoms with Gasteiger partial charge in [0.05, 0.1) is 11.4 Å². The van der Waals surface area contributed by atoms with Gasteiger partial charge in [-0.3, -0.25) is 14.4 Å². The molecule has 0 spiro atoms. The van der Waals surface area contributed by atoms with Crippen molar-refractivity contribution in [2.75, 3.05) is 22.1 Å². The van der Waals surface area contributed by atoms with Crippen LogP contribution in [0.4, 0.5) is 17.1 Å². The van der Waals surface area contributed by atoms with Crippen LogP contribution < -0.4 is 15.5 Å². The molecule has 0 fully saturated rings. The molecule has 2 aliphatic rings. The maximum atomic E-state index is 12.7. The van der Waals surface area contributed by atoms with E-state index in [-0.39, 0.29) is 37.1 Å². The van der Waals surface area contributed by atoms with Crippen LogP contribution in [0.2, 0.25) is 0 Å². The van der Waals surface area contributed by atoms with Gasteiger partial charge in [-0.15, -0.1) is 0 Å². The number of amides is 3. The Bertz CT molecular complexity index is 1220. The number of anilines is 3. The van der Waals surface area contributed by atoms with Crippen molar-refractivity contribution in [2.24, 2.45) is 0 Å². The molecule has 0 saturated heterocycles. The third-order valence-electron chi connectivity index (χ3n) is 6.07. The number of fused-ring (bicyclic) bond motifs is 2. The van der Waals surface area contributed by atoms with Crippen molar-refractivity contribution in [2.45, 2.75) is 38.6 Å². The predicted molar refractivity (Wildman–Crippen MR) is 126 cm³/mol. The molecule has 0 unspecified atom stereocenters. The molecule has 0 bridgehead atoms. The van der Waals surface area contributed by atoms with Crippen LogP contribution >= 0.6 is 0 Å². The monoisotopic (exact) mass is 443 g/mol. The summed E-state index contributed by atoms with van der Waals surface area (Å²) in [5, 5.41) is 5.60. The SMILES string of the molecule is O=C(CCC(=O)N1CC(=O)Nc2ccccc21)Nc1ccc(-c2ncc3n2CCCC3)cc1. The summed E-state index contributed by atoms with van der Waals surface area (Å²) in [5.74, 6) is 0.209. The summed E-state index contributed by atoms with van der Waals surface area (Å²) < 4.78 is 2.27. The van der Waals surface area contributed by atoms with Crippen molar-refractivity contribution in [3.05, 3.63) is 60.4 Å². The Morgan fingerprint density at radius 3 is 2.70 bits per heavy atom. The van der Waals surface area contributed by atoms with Crippen molar-refractivity contribution in [3.63, 3.8) is 0 Å². The highest BCUT2D eigenvalue weighted by atomic mass is 16.2. The number of aromatic nitrogens is 2. The molecule has 168 valence electrons. The number of benzene rings is 2. The molecular formula is C25H25N5O3. The van der Waals surface area contributed by atoms with Gasteiger partial charge in [0.1, 0.15) is 12.4 Å². The Morgan fingerprint density at radius 2 is 1.85 bits per heavy atom. The lowest BCUT2D eigenvalue weighted by atomic mass is 10.1. The number of carbonyl (C=O) groups is 3. The summed E-state index contributed by atoms with van der Waals surface area (Å²) in [4.78, 5) is 43.1. The number of para-hydroxylation sites is 2. The maximum absolute atomic E-state index is 12.7. The van der Waals surface area contributed by atoms with E-state index in [4.69, 9.17) is 0 Å². The Morgan fingerprint density at radius 1 is 1.03 bits per heavy atom. The van der Waals surface area contributed by atoms with Crippen LogP contribution in [0, 0.1) is 0 Å². The van der Waals surface area contributed by atoms with E-state index in [1.807, 2.05) is 36.5 Å². The molecule has 2 aliphatic heterocycles. The minimum atomic E-state index is -0.258. The first-order chi connectivity index (χ1) is 16.1. The zero-order valence-electron chi connectivity index (χ0n) is 18.2. The van der Waals surface area contributed by atoms with E-state index in [2.05, 4.69) is 20.2 Å². The zero-order chi connectivity index (χ0) is 22.8. The summed E-state index contributed by atoms with van der Waals surface area (Å²) in [6.07, 6.45) is 5.44. The molecule has 5 rings (SSSR count). The molecule has 3 aromatic rings. The van der Waals surface area contributed by atoms with Crippen molar-refractivity contribution in [1.29, 1.82) is 0 Å². The van der Waals surface area contributed by atoms with Crippen LogP contribution in [-0.2, 0) is 27.3 Å². The average Bonchev–Trinajstić information content (AvgIpc) is 3.27. The average molecular weight is 444 g/mol. The highest BCUT2D eigenvalue weighted by Gasteiger charge is 2.26. The third-order valence-corrected chi connectivity index (χ3v) is 6.07. The van der Waals surface area contributed by atoms with Crippen LogP contribution in [0.15, 0.2) is 54.7 Å². The second kappa shape index (κ2) is 8.90. The number of nitrogens with zero attached hydrogens (tertiary/aromatic N) is 3.